The smallest absolute Gasteiger partial charge is 0.171 e. The number of rotatable bonds is 0. The van der Waals surface area contributed by atoms with Gasteiger partial charge in [0.1, 0.15) is 12.2 Å². The lowest BCUT2D eigenvalue weighted by atomic mass is 9.87. The van der Waals surface area contributed by atoms with Crippen LogP contribution < -0.4 is 10.6 Å². The SMILES string of the molecule is CC(C)(C)C1(C)O[C@H]2CNCCOCCOCCNC[C@@H]2O1. The minimum Gasteiger partial charge on any atom is -0.378 e. The zero-order valence-electron chi connectivity index (χ0n) is 14.4. The van der Waals surface area contributed by atoms with Gasteiger partial charge >= 0.3 is 0 Å². The van der Waals surface area contributed by atoms with Crippen LogP contribution in [0.1, 0.15) is 27.7 Å². The molecular formula is C16H32N2O4. The molecule has 2 saturated heterocycles. The third kappa shape index (κ3) is 4.88. The van der Waals surface area contributed by atoms with Gasteiger partial charge in [-0.3, -0.25) is 0 Å². The maximum absolute atomic E-state index is 6.28. The van der Waals surface area contributed by atoms with Gasteiger partial charge in [-0.25, -0.2) is 0 Å². The molecule has 0 saturated carbocycles. The summed E-state index contributed by atoms with van der Waals surface area (Å²) in [5.74, 6) is -0.563. The number of fused-ring (bicyclic) bond motifs is 1. The van der Waals surface area contributed by atoms with Gasteiger partial charge in [0.05, 0.1) is 26.4 Å². The second kappa shape index (κ2) is 8.04. The van der Waals surface area contributed by atoms with Gasteiger partial charge in [0.25, 0.3) is 0 Å². The summed E-state index contributed by atoms with van der Waals surface area (Å²) in [6.45, 7) is 14.3. The van der Waals surface area contributed by atoms with Crippen molar-refractivity contribution in [2.45, 2.75) is 45.7 Å². The third-order valence-corrected chi connectivity index (χ3v) is 4.44. The predicted octanol–water partition coefficient (Wildman–Crippen LogP) is 0.759. The van der Waals surface area contributed by atoms with E-state index in [1.54, 1.807) is 0 Å². The minimum absolute atomic E-state index is 0.0422. The van der Waals surface area contributed by atoms with Crippen molar-refractivity contribution < 1.29 is 18.9 Å². The molecule has 2 aliphatic rings. The molecule has 0 radical (unpaired) electrons. The molecule has 2 atom stereocenters. The van der Waals surface area contributed by atoms with Crippen molar-refractivity contribution in [3.8, 4) is 0 Å². The van der Waals surface area contributed by atoms with E-state index in [4.69, 9.17) is 18.9 Å². The molecule has 6 nitrogen and oxygen atoms in total. The summed E-state index contributed by atoms with van der Waals surface area (Å²) in [6, 6.07) is 0. The van der Waals surface area contributed by atoms with Crippen LogP contribution in [0.4, 0.5) is 0 Å². The summed E-state index contributed by atoms with van der Waals surface area (Å²) in [4.78, 5) is 0. The zero-order valence-corrected chi connectivity index (χ0v) is 14.4. The Morgan fingerprint density at radius 2 is 1.27 bits per heavy atom. The first kappa shape index (κ1) is 18.1. The molecule has 0 aromatic heterocycles. The van der Waals surface area contributed by atoms with Crippen LogP contribution in [0.15, 0.2) is 0 Å². The lowest BCUT2D eigenvalue weighted by molar-refractivity contribution is -0.223. The second-order valence-electron chi connectivity index (χ2n) is 7.14. The molecular weight excluding hydrogens is 284 g/mol. The molecule has 6 heteroatoms. The molecule has 2 rings (SSSR count). The third-order valence-electron chi connectivity index (χ3n) is 4.44. The number of nitrogens with one attached hydrogen (secondary N) is 2. The highest BCUT2D eigenvalue weighted by molar-refractivity contribution is 4.92. The Labute approximate surface area is 134 Å². The van der Waals surface area contributed by atoms with Crippen LogP contribution in [0.2, 0.25) is 0 Å². The standard InChI is InChI=1S/C16H32N2O4/c1-15(2,3)16(4)21-13-11-17-5-7-19-9-10-20-8-6-18-12-14(13)22-16/h13-14,17-18H,5-12H2,1-4H3/t13-,14-/m0/s1. The fourth-order valence-electron chi connectivity index (χ4n) is 2.56. The fourth-order valence-corrected chi connectivity index (χ4v) is 2.56. The molecule has 0 unspecified atom stereocenters. The van der Waals surface area contributed by atoms with E-state index in [1.807, 2.05) is 6.92 Å². The first-order chi connectivity index (χ1) is 10.4. The van der Waals surface area contributed by atoms with Crippen molar-refractivity contribution in [2.75, 3.05) is 52.6 Å². The van der Waals surface area contributed by atoms with E-state index >= 15 is 0 Å². The van der Waals surface area contributed by atoms with Gasteiger partial charge in [0.15, 0.2) is 5.79 Å². The Bertz CT molecular complexity index is 311. The first-order valence-corrected chi connectivity index (χ1v) is 8.35. The van der Waals surface area contributed by atoms with Crippen LogP contribution in [0, 0.1) is 5.41 Å². The highest BCUT2D eigenvalue weighted by atomic mass is 16.8. The number of hydrogen-bond donors (Lipinski definition) is 2. The maximum atomic E-state index is 6.28. The molecule has 2 aliphatic heterocycles. The summed E-state index contributed by atoms with van der Waals surface area (Å²) < 4.78 is 23.6. The van der Waals surface area contributed by atoms with E-state index in [1.165, 1.54) is 0 Å². The van der Waals surface area contributed by atoms with Gasteiger partial charge in [0.2, 0.25) is 0 Å². The second-order valence-corrected chi connectivity index (χ2v) is 7.14. The summed E-state index contributed by atoms with van der Waals surface area (Å²) >= 11 is 0. The van der Waals surface area contributed by atoms with E-state index in [-0.39, 0.29) is 17.6 Å². The van der Waals surface area contributed by atoms with E-state index in [0.717, 1.165) is 26.2 Å². The summed E-state index contributed by atoms with van der Waals surface area (Å²) in [7, 11) is 0. The number of ether oxygens (including phenoxy) is 4. The van der Waals surface area contributed by atoms with Crippen LogP contribution in [-0.4, -0.2) is 70.6 Å². The zero-order chi connectivity index (χ0) is 16.1. The minimum atomic E-state index is -0.563. The van der Waals surface area contributed by atoms with Crippen LogP contribution in [-0.2, 0) is 18.9 Å². The highest BCUT2D eigenvalue weighted by Gasteiger charge is 2.50. The summed E-state index contributed by atoms with van der Waals surface area (Å²) in [6.07, 6.45) is 0.0844. The number of hydrogen-bond acceptors (Lipinski definition) is 6. The largest absolute Gasteiger partial charge is 0.378 e. The van der Waals surface area contributed by atoms with Crippen LogP contribution in [0.3, 0.4) is 0 Å². The average Bonchev–Trinajstić information content (AvgIpc) is 2.77. The van der Waals surface area contributed by atoms with Crippen molar-refractivity contribution in [1.82, 2.24) is 10.6 Å². The topological polar surface area (TPSA) is 61.0 Å². The van der Waals surface area contributed by atoms with E-state index in [9.17, 15) is 0 Å². The lowest BCUT2D eigenvalue weighted by Gasteiger charge is -2.37. The lowest BCUT2D eigenvalue weighted by Crippen LogP contribution is -2.42. The molecule has 0 aromatic carbocycles. The summed E-state index contributed by atoms with van der Waals surface area (Å²) in [5, 5.41) is 6.80. The predicted molar refractivity (Wildman–Crippen MR) is 85.0 cm³/mol. The van der Waals surface area contributed by atoms with Crippen molar-refractivity contribution >= 4 is 0 Å². The molecule has 0 aromatic rings. The quantitative estimate of drug-likeness (QED) is 0.688. The molecule has 130 valence electrons. The average molecular weight is 316 g/mol. The van der Waals surface area contributed by atoms with Crippen molar-refractivity contribution in [3.05, 3.63) is 0 Å². The van der Waals surface area contributed by atoms with E-state index < -0.39 is 5.79 Å². The molecule has 0 spiro atoms. The molecule has 22 heavy (non-hydrogen) atoms. The monoisotopic (exact) mass is 316 g/mol. The van der Waals surface area contributed by atoms with Crippen molar-refractivity contribution in [3.63, 3.8) is 0 Å². The first-order valence-electron chi connectivity index (χ1n) is 8.35. The fraction of sp³-hybridized carbons (Fsp3) is 1.00. The van der Waals surface area contributed by atoms with Crippen molar-refractivity contribution in [2.24, 2.45) is 5.41 Å². The van der Waals surface area contributed by atoms with Gasteiger partial charge < -0.3 is 29.6 Å². The maximum Gasteiger partial charge on any atom is 0.171 e. The van der Waals surface area contributed by atoms with E-state index in [2.05, 4.69) is 31.4 Å². The Kier molecular flexibility index (Phi) is 6.61. The van der Waals surface area contributed by atoms with Crippen LogP contribution >= 0.6 is 0 Å². The highest BCUT2D eigenvalue weighted by Crippen LogP contribution is 2.41. The molecule has 2 fully saturated rings. The van der Waals surface area contributed by atoms with Gasteiger partial charge in [0, 0.05) is 31.6 Å². The molecule has 2 heterocycles. The van der Waals surface area contributed by atoms with Gasteiger partial charge in [-0.2, -0.15) is 0 Å². The van der Waals surface area contributed by atoms with Gasteiger partial charge in [-0.1, -0.05) is 20.8 Å². The van der Waals surface area contributed by atoms with E-state index in [0.29, 0.717) is 26.4 Å². The molecule has 0 bridgehead atoms. The van der Waals surface area contributed by atoms with Gasteiger partial charge in [-0.05, 0) is 6.92 Å². The van der Waals surface area contributed by atoms with Crippen LogP contribution in [0.25, 0.3) is 0 Å². The Morgan fingerprint density at radius 1 is 0.818 bits per heavy atom. The van der Waals surface area contributed by atoms with Crippen molar-refractivity contribution in [1.29, 1.82) is 0 Å². The Morgan fingerprint density at radius 3 is 1.68 bits per heavy atom. The Hall–Kier alpha value is -0.240. The molecule has 0 amide bonds. The van der Waals surface area contributed by atoms with Crippen LogP contribution in [0.5, 0.6) is 0 Å². The Balaban J connectivity index is 1.94. The normalized spacial score (nSPS) is 32.2. The van der Waals surface area contributed by atoms with Gasteiger partial charge in [-0.15, -0.1) is 0 Å². The summed E-state index contributed by atoms with van der Waals surface area (Å²) in [5.41, 5.74) is -0.0743. The molecule has 0 aliphatic carbocycles. The molecule has 2 N–H and O–H groups in total.